The van der Waals surface area contributed by atoms with Crippen molar-refractivity contribution in [2.75, 3.05) is 13.2 Å². The molecule has 1 atom stereocenters. The summed E-state index contributed by atoms with van der Waals surface area (Å²) in [6.45, 7) is 3.58. The molecule has 2 aromatic carbocycles. The molecule has 3 aromatic rings. The molecule has 1 heterocycles. The first-order chi connectivity index (χ1) is 14.7. The van der Waals surface area contributed by atoms with E-state index in [1.165, 1.54) is 25.7 Å². The SMILES string of the molecule is CCCCCCCOc1ccc(OCC(O)Cn2ccc3cc(C#N)ccc32)cc1. The van der Waals surface area contributed by atoms with E-state index in [-0.39, 0.29) is 6.61 Å². The van der Waals surface area contributed by atoms with Crippen LogP contribution in [0.4, 0.5) is 0 Å². The lowest BCUT2D eigenvalue weighted by atomic mass is 10.2. The molecule has 0 bridgehead atoms. The monoisotopic (exact) mass is 406 g/mol. The quantitative estimate of drug-likeness (QED) is 0.414. The highest BCUT2D eigenvalue weighted by Crippen LogP contribution is 2.20. The second-order valence-electron chi connectivity index (χ2n) is 7.55. The van der Waals surface area contributed by atoms with E-state index >= 15 is 0 Å². The standard InChI is InChI=1S/C25H30N2O3/c1-2-3-4-5-6-15-29-23-8-10-24(11-9-23)30-19-22(28)18-27-14-13-21-16-20(17-26)7-12-25(21)27/h7-14,16,22,28H,2-6,15,18-19H2,1H3. The average Bonchev–Trinajstić information content (AvgIpc) is 3.17. The molecule has 1 aromatic heterocycles. The third-order valence-corrected chi connectivity index (χ3v) is 5.09. The average molecular weight is 407 g/mol. The summed E-state index contributed by atoms with van der Waals surface area (Å²) in [5, 5.41) is 20.4. The summed E-state index contributed by atoms with van der Waals surface area (Å²) in [6.07, 6.45) is 7.38. The molecule has 0 fully saturated rings. The molecule has 0 aliphatic rings. The summed E-state index contributed by atoms with van der Waals surface area (Å²) in [4.78, 5) is 0. The summed E-state index contributed by atoms with van der Waals surface area (Å²) < 4.78 is 13.5. The lowest BCUT2D eigenvalue weighted by molar-refractivity contribution is 0.0935. The molecular weight excluding hydrogens is 376 g/mol. The fourth-order valence-electron chi connectivity index (χ4n) is 3.43. The predicted octanol–water partition coefficient (Wildman–Crippen LogP) is 5.30. The van der Waals surface area contributed by atoms with Gasteiger partial charge >= 0.3 is 0 Å². The summed E-state index contributed by atoms with van der Waals surface area (Å²) in [7, 11) is 0. The molecule has 0 saturated heterocycles. The van der Waals surface area contributed by atoms with Gasteiger partial charge in [-0.05, 0) is 55.0 Å². The number of nitriles is 1. The fourth-order valence-corrected chi connectivity index (χ4v) is 3.43. The zero-order chi connectivity index (χ0) is 21.2. The summed E-state index contributed by atoms with van der Waals surface area (Å²) in [6, 6.07) is 17.2. The van der Waals surface area contributed by atoms with Crippen molar-refractivity contribution in [2.24, 2.45) is 0 Å². The van der Waals surface area contributed by atoms with E-state index < -0.39 is 6.10 Å². The number of hydrogen-bond acceptors (Lipinski definition) is 4. The Balaban J connectivity index is 1.42. The topological polar surface area (TPSA) is 67.4 Å². The van der Waals surface area contributed by atoms with Gasteiger partial charge in [0.25, 0.3) is 0 Å². The Kier molecular flexibility index (Phi) is 8.17. The van der Waals surface area contributed by atoms with Gasteiger partial charge in [-0.3, -0.25) is 0 Å². The molecule has 158 valence electrons. The Morgan fingerprint density at radius 1 is 0.967 bits per heavy atom. The van der Waals surface area contributed by atoms with E-state index in [1.807, 2.05) is 53.2 Å². The third kappa shape index (κ3) is 6.27. The van der Waals surface area contributed by atoms with Crippen LogP contribution in [0, 0.1) is 11.3 Å². The van der Waals surface area contributed by atoms with Gasteiger partial charge in [0.15, 0.2) is 0 Å². The Hall–Kier alpha value is -2.97. The first kappa shape index (κ1) is 21.7. The Morgan fingerprint density at radius 3 is 2.43 bits per heavy atom. The van der Waals surface area contributed by atoms with Gasteiger partial charge < -0.3 is 19.1 Å². The highest BCUT2D eigenvalue weighted by atomic mass is 16.5. The van der Waals surface area contributed by atoms with Gasteiger partial charge in [0.2, 0.25) is 0 Å². The first-order valence-corrected chi connectivity index (χ1v) is 10.7. The molecule has 0 saturated carbocycles. The smallest absolute Gasteiger partial charge is 0.119 e. The van der Waals surface area contributed by atoms with Crippen molar-refractivity contribution in [3.8, 4) is 17.6 Å². The maximum atomic E-state index is 10.4. The van der Waals surface area contributed by atoms with Crippen LogP contribution in [0.15, 0.2) is 54.7 Å². The molecule has 0 aliphatic carbocycles. The number of aliphatic hydroxyl groups is 1. The molecule has 0 spiro atoms. The van der Waals surface area contributed by atoms with Gasteiger partial charge in [0.1, 0.15) is 24.2 Å². The Morgan fingerprint density at radius 2 is 1.70 bits per heavy atom. The van der Waals surface area contributed by atoms with E-state index in [1.54, 1.807) is 6.07 Å². The van der Waals surface area contributed by atoms with Gasteiger partial charge in [0.05, 0.1) is 24.8 Å². The highest BCUT2D eigenvalue weighted by molar-refractivity contribution is 5.81. The molecule has 1 N–H and O–H groups in total. The van der Waals surface area contributed by atoms with Gasteiger partial charge in [-0.1, -0.05) is 32.6 Å². The fraction of sp³-hybridized carbons (Fsp3) is 0.400. The largest absolute Gasteiger partial charge is 0.494 e. The summed E-state index contributed by atoms with van der Waals surface area (Å²) in [5.41, 5.74) is 1.62. The summed E-state index contributed by atoms with van der Waals surface area (Å²) >= 11 is 0. The maximum absolute atomic E-state index is 10.4. The predicted molar refractivity (Wildman–Crippen MR) is 119 cm³/mol. The molecule has 30 heavy (non-hydrogen) atoms. The van der Waals surface area contributed by atoms with E-state index in [9.17, 15) is 5.11 Å². The van der Waals surface area contributed by atoms with Crippen LogP contribution in [0.5, 0.6) is 11.5 Å². The van der Waals surface area contributed by atoms with Crippen LogP contribution in [-0.4, -0.2) is 29.0 Å². The van der Waals surface area contributed by atoms with Crippen LogP contribution in [0.2, 0.25) is 0 Å². The molecular formula is C25H30N2O3. The second kappa shape index (κ2) is 11.3. The number of aliphatic hydroxyl groups excluding tert-OH is 1. The van der Waals surface area contributed by atoms with Crippen molar-refractivity contribution >= 4 is 10.9 Å². The number of benzene rings is 2. The second-order valence-corrected chi connectivity index (χ2v) is 7.55. The highest BCUT2D eigenvalue weighted by Gasteiger charge is 2.09. The first-order valence-electron chi connectivity index (χ1n) is 10.7. The lowest BCUT2D eigenvalue weighted by Gasteiger charge is -2.14. The zero-order valence-corrected chi connectivity index (χ0v) is 17.6. The van der Waals surface area contributed by atoms with E-state index in [0.29, 0.717) is 17.9 Å². The molecule has 0 aliphatic heterocycles. The maximum Gasteiger partial charge on any atom is 0.119 e. The molecule has 0 amide bonds. The van der Waals surface area contributed by atoms with E-state index in [4.69, 9.17) is 14.7 Å². The molecule has 0 radical (unpaired) electrons. The normalized spacial score (nSPS) is 11.9. The van der Waals surface area contributed by atoms with Crippen LogP contribution in [0.25, 0.3) is 10.9 Å². The van der Waals surface area contributed by atoms with Crippen LogP contribution in [0.1, 0.15) is 44.6 Å². The molecule has 5 nitrogen and oxygen atoms in total. The number of fused-ring (bicyclic) bond motifs is 1. The zero-order valence-electron chi connectivity index (χ0n) is 17.6. The van der Waals surface area contributed by atoms with Crippen LogP contribution < -0.4 is 9.47 Å². The van der Waals surface area contributed by atoms with Gasteiger partial charge in [-0.25, -0.2) is 0 Å². The van der Waals surface area contributed by atoms with Gasteiger partial charge in [0, 0.05) is 17.1 Å². The summed E-state index contributed by atoms with van der Waals surface area (Å²) in [5.74, 6) is 1.55. The van der Waals surface area contributed by atoms with Crippen molar-refractivity contribution in [3.63, 3.8) is 0 Å². The van der Waals surface area contributed by atoms with Crippen molar-refractivity contribution in [2.45, 2.75) is 51.7 Å². The van der Waals surface area contributed by atoms with Gasteiger partial charge in [-0.15, -0.1) is 0 Å². The Bertz CT molecular complexity index is 957. The van der Waals surface area contributed by atoms with Crippen LogP contribution >= 0.6 is 0 Å². The van der Waals surface area contributed by atoms with Crippen molar-refractivity contribution in [1.29, 1.82) is 5.26 Å². The minimum atomic E-state index is -0.643. The number of ether oxygens (including phenoxy) is 2. The molecule has 5 heteroatoms. The lowest BCUT2D eigenvalue weighted by Crippen LogP contribution is -2.23. The Labute approximate surface area is 178 Å². The van der Waals surface area contributed by atoms with E-state index in [0.717, 1.165) is 29.7 Å². The number of rotatable bonds is 12. The number of unbranched alkanes of at least 4 members (excludes halogenated alkanes) is 4. The minimum Gasteiger partial charge on any atom is -0.494 e. The minimum absolute atomic E-state index is 0.202. The number of hydrogen-bond donors (Lipinski definition) is 1. The van der Waals surface area contributed by atoms with Crippen LogP contribution in [-0.2, 0) is 6.54 Å². The van der Waals surface area contributed by atoms with Crippen molar-refractivity contribution in [1.82, 2.24) is 4.57 Å². The number of nitrogens with zero attached hydrogens (tertiary/aromatic N) is 2. The molecule has 3 rings (SSSR count). The van der Waals surface area contributed by atoms with E-state index in [2.05, 4.69) is 13.0 Å². The van der Waals surface area contributed by atoms with Crippen molar-refractivity contribution < 1.29 is 14.6 Å². The van der Waals surface area contributed by atoms with Crippen LogP contribution in [0.3, 0.4) is 0 Å². The third-order valence-electron chi connectivity index (χ3n) is 5.09. The molecule has 1 unspecified atom stereocenters. The van der Waals surface area contributed by atoms with Crippen molar-refractivity contribution in [3.05, 3.63) is 60.3 Å². The number of aromatic nitrogens is 1. The van der Waals surface area contributed by atoms with Gasteiger partial charge in [-0.2, -0.15) is 5.26 Å².